The molecular weight excluding hydrogens is 446 g/mol. The van der Waals surface area contributed by atoms with Crippen LogP contribution in [0.15, 0.2) is 51.9 Å². The molecule has 0 amide bonds. The van der Waals surface area contributed by atoms with E-state index in [2.05, 4.69) is 15.0 Å². The molecule has 0 spiro atoms. The van der Waals surface area contributed by atoms with Crippen LogP contribution in [0.5, 0.6) is 0 Å². The second-order valence-corrected chi connectivity index (χ2v) is 10.2. The molecule has 0 fully saturated rings. The Hall–Kier alpha value is -3.28. The summed E-state index contributed by atoms with van der Waals surface area (Å²) in [4.78, 5) is 13.4. The molecule has 2 aromatic carbocycles. The van der Waals surface area contributed by atoms with Gasteiger partial charge in [-0.15, -0.1) is 5.10 Å². The SMILES string of the molecule is CC(C)C(NS(=O)(=O)c1ccc2oc3cc(-n4cc(CN(C)C)nn4)ccc3c2c1)C(=O)O. The highest BCUT2D eigenvalue weighted by molar-refractivity contribution is 7.89. The summed E-state index contributed by atoms with van der Waals surface area (Å²) in [6.07, 6.45) is 1.84. The minimum Gasteiger partial charge on any atom is -0.480 e. The molecule has 0 bridgehead atoms. The molecule has 174 valence electrons. The van der Waals surface area contributed by atoms with Gasteiger partial charge in [-0.05, 0) is 50.3 Å². The summed E-state index contributed by atoms with van der Waals surface area (Å²) in [6, 6.07) is 8.74. The molecule has 33 heavy (non-hydrogen) atoms. The molecule has 4 aromatic rings. The number of fused-ring (bicyclic) bond motifs is 3. The third-order valence-electron chi connectivity index (χ3n) is 5.24. The van der Waals surface area contributed by atoms with Gasteiger partial charge >= 0.3 is 5.97 Å². The Bertz CT molecular complexity index is 1440. The van der Waals surface area contributed by atoms with Crippen LogP contribution in [-0.2, 0) is 21.4 Å². The minimum absolute atomic E-state index is 0.0294. The van der Waals surface area contributed by atoms with E-state index in [4.69, 9.17) is 4.42 Å². The number of hydrogen-bond acceptors (Lipinski definition) is 7. The standard InChI is InChI=1S/C22H25N5O5S/c1-13(2)21(22(28)29)24-33(30,31)16-6-8-19-18(10-16)17-7-5-15(9-20(17)32-19)27-12-14(23-25-27)11-26(3)4/h5-10,12-13,21,24H,11H2,1-4H3,(H,28,29). The number of nitrogens with one attached hydrogen (secondary N) is 1. The summed E-state index contributed by atoms with van der Waals surface area (Å²) >= 11 is 0. The number of benzene rings is 2. The number of hydrogen-bond donors (Lipinski definition) is 2. The maximum Gasteiger partial charge on any atom is 0.322 e. The van der Waals surface area contributed by atoms with Crippen LogP contribution in [0.3, 0.4) is 0 Å². The smallest absolute Gasteiger partial charge is 0.322 e. The quantitative estimate of drug-likeness (QED) is 0.401. The van der Waals surface area contributed by atoms with Gasteiger partial charge in [0.1, 0.15) is 17.2 Å². The summed E-state index contributed by atoms with van der Waals surface area (Å²) in [5, 5.41) is 19.0. The fraction of sp³-hybridized carbons (Fsp3) is 0.318. The third kappa shape index (κ3) is 4.61. The molecule has 10 nitrogen and oxygen atoms in total. The van der Waals surface area contributed by atoms with Gasteiger partial charge < -0.3 is 14.4 Å². The molecule has 2 heterocycles. The van der Waals surface area contributed by atoms with Gasteiger partial charge in [0.15, 0.2) is 0 Å². The Morgan fingerprint density at radius 3 is 2.58 bits per heavy atom. The first-order valence-corrected chi connectivity index (χ1v) is 11.8. The highest BCUT2D eigenvalue weighted by atomic mass is 32.2. The minimum atomic E-state index is -4.04. The molecule has 1 atom stereocenters. The Morgan fingerprint density at radius 1 is 1.15 bits per heavy atom. The number of sulfonamides is 1. The fourth-order valence-electron chi connectivity index (χ4n) is 3.58. The molecule has 2 aromatic heterocycles. The lowest BCUT2D eigenvalue weighted by atomic mass is 10.1. The van der Waals surface area contributed by atoms with E-state index >= 15 is 0 Å². The molecular formula is C22H25N5O5S. The van der Waals surface area contributed by atoms with E-state index in [-0.39, 0.29) is 4.90 Å². The summed E-state index contributed by atoms with van der Waals surface area (Å²) < 4.78 is 35.6. The summed E-state index contributed by atoms with van der Waals surface area (Å²) in [6.45, 7) is 3.95. The molecule has 0 aliphatic rings. The predicted octanol–water partition coefficient (Wildman–Crippen LogP) is 2.62. The molecule has 1 unspecified atom stereocenters. The van der Waals surface area contributed by atoms with E-state index in [0.29, 0.717) is 23.1 Å². The number of carboxylic acids is 1. The van der Waals surface area contributed by atoms with Crippen LogP contribution in [0, 0.1) is 5.92 Å². The lowest BCUT2D eigenvalue weighted by Gasteiger charge is -2.17. The van der Waals surface area contributed by atoms with Gasteiger partial charge in [-0.3, -0.25) is 4.79 Å². The molecule has 11 heteroatoms. The van der Waals surface area contributed by atoms with Gasteiger partial charge in [-0.1, -0.05) is 19.1 Å². The molecule has 2 N–H and O–H groups in total. The fourth-order valence-corrected chi connectivity index (χ4v) is 4.95. The maximum absolute atomic E-state index is 12.8. The van der Waals surface area contributed by atoms with Crippen molar-refractivity contribution in [1.29, 1.82) is 0 Å². The van der Waals surface area contributed by atoms with E-state index in [9.17, 15) is 18.3 Å². The van der Waals surface area contributed by atoms with Crippen LogP contribution in [-0.4, -0.2) is 59.5 Å². The first-order valence-electron chi connectivity index (χ1n) is 10.3. The topological polar surface area (TPSA) is 131 Å². The lowest BCUT2D eigenvalue weighted by molar-refractivity contribution is -0.140. The second kappa shape index (κ2) is 8.58. The normalized spacial score (nSPS) is 13.4. The Balaban J connectivity index is 1.70. The molecule has 0 saturated carbocycles. The van der Waals surface area contributed by atoms with Crippen molar-refractivity contribution >= 4 is 37.9 Å². The Kier molecular flexibility index (Phi) is 5.95. The number of carboxylic acid groups (broad SMARTS) is 1. The number of aromatic nitrogens is 3. The number of rotatable bonds is 8. The number of carbonyl (C=O) groups is 1. The lowest BCUT2D eigenvalue weighted by Crippen LogP contribution is -2.44. The van der Waals surface area contributed by atoms with Gasteiger partial charge in [-0.25, -0.2) is 13.1 Å². The molecule has 0 saturated heterocycles. The van der Waals surface area contributed by atoms with Gasteiger partial charge in [0, 0.05) is 23.4 Å². The zero-order valence-corrected chi connectivity index (χ0v) is 19.5. The number of nitrogens with zero attached hydrogens (tertiary/aromatic N) is 4. The third-order valence-corrected chi connectivity index (χ3v) is 6.67. The van der Waals surface area contributed by atoms with E-state index < -0.39 is 28.0 Å². The number of furan rings is 1. The van der Waals surface area contributed by atoms with Crippen molar-refractivity contribution in [2.75, 3.05) is 14.1 Å². The average Bonchev–Trinajstić information content (AvgIpc) is 3.34. The number of aliphatic carboxylic acids is 1. The first kappa shape index (κ1) is 22.9. The summed E-state index contributed by atoms with van der Waals surface area (Å²) in [5.41, 5.74) is 2.68. The highest BCUT2D eigenvalue weighted by Crippen LogP contribution is 2.32. The summed E-state index contributed by atoms with van der Waals surface area (Å²) in [5.74, 6) is -1.64. The van der Waals surface area contributed by atoms with Crippen molar-refractivity contribution in [2.45, 2.75) is 31.3 Å². The van der Waals surface area contributed by atoms with Crippen molar-refractivity contribution in [3.63, 3.8) is 0 Å². The van der Waals surface area contributed by atoms with Crippen LogP contribution >= 0.6 is 0 Å². The first-order chi connectivity index (χ1) is 15.5. The van der Waals surface area contributed by atoms with Crippen molar-refractivity contribution in [3.8, 4) is 5.69 Å². The predicted molar refractivity (Wildman–Crippen MR) is 123 cm³/mol. The van der Waals surface area contributed by atoms with Gasteiger partial charge in [0.05, 0.1) is 22.5 Å². The monoisotopic (exact) mass is 471 g/mol. The highest BCUT2D eigenvalue weighted by Gasteiger charge is 2.28. The van der Waals surface area contributed by atoms with Crippen LogP contribution in [0.1, 0.15) is 19.5 Å². The van der Waals surface area contributed by atoms with Crippen LogP contribution in [0.25, 0.3) is 27.6 Å². The molecule has 4 rings (SSSR count). The van der Waals surface area contributed by atoms with E-state index in [1.807, 2.05) is 43.4 Å². The van der Waals surface area contributed by atoms with E-state index in [1.54, 1.807) is 24.6 Å². The second-order valence-electron chi connectivity index (χ2n) is 8.51. The van der Waals surface area contributed by atoms with Crippen molar-refractivity contribution in [1.82, 2.24) is 24.6 Å². The largest absolute Gasteiger partial charge is 0.480 e. The van der Waals surface area contributed by atoms with Gasteiger partial charge in [0.25, 0.3) is 0 Å². The van der Waals surface area contributed by atoms with Gasteiger partial charge in [0.2, 0.25) is 10.0 Å². The van der Waals surface area contributed by atoms with Crippen molar-refractivity contribution < 1.29 is 22.7 Å². The summed E-state index contributed by atoms with van der Waals surface area (Å²) in [7, 11) is -0.140. The van der Waals surface area contributed by atoms with E-state index in [0.717, 1.165) is 16.8 Å². The van der Waals surface area contributed by atoms with E-state index in [1.165, 1.54) is 12.1 Å². The van der Waals surface area contributed by atoms with Crippen molar-refractivity contribution in [2.24, 2.45) is 5.92 Å². The zero-order valence-electron chi connectivity index (χ0n) is 18.7. The Labute approximate surface area is 190 Å². The zero-order chi connectivity index (χ0) is 23.9. The van der Waals surface area contributed by atoms with Crippen LogP contribution in [0.2, 0.25) is 0 Å². The van der Waals surface area contributed by atoms with Crippen LogP contribution in [0.4, 0.5) is 0 Å². The molecule has 0 aliphatic heterocycles. The Morgan fingerprint density at radius 2 is 1.91 bits per heavy atom. The average molecular weight is 472 g/mol. The molecule has 0 aliphatic carbocycles. The van der Waals surface area contributed by atoms with Crippen molar-refractivity contribution in [3.05, 3.63) is 48.3 Å². The maximum atomic E-state index is 12.8. The molecule has 0 radical (unpaired) electrons. The van der Waals surface area contributed by atoms with Gasteiger partial charge in [-0.2, -0.15) is 4.72 Å². The van der Waals surface area contributed by atoms with Crippen LogP contribution < -0.4 is 4.72 Å².